The molecule has 0 aliphatic heterocycles. The summed E-state index contributed by atoms with van der Waals surface area (Å²) >= 11 is 0. The van der Waals surface area contributed by atoms with Gasteiger partial charge in [-0.25, -0.2) is 9.78 Å². The van der Waals surface area contributed by atoms with Crippen molar-refractivity contribution >= 4 is 16.9 Å². The number of benzene rings is 2. The van der Waals surface area contributed by atoms with Crippen molar-refractivity contribution in [2.75, 3.05) is 6.61 Å². The summed E-state index contributed by atoms with van der Waals surface area (Å²) in [5, 5.41) is 10.5. The lowest BCUT2D eigenvalue weighted by Crippen LogP contribution is -2.26. The molecule has 0 bridgehead atoms. The highest BCUT2D eigenvalue weighted by Crippen LogP contribution is 2.26. The normalized spacial score (nSPS) is 12.2. The molecule has 1 atom stereocenters. The Morgan fingerprint density at radius 3 is 2.82 bits per heavy atom. The van der Waals surface area contributed by atoms with Crippen LogP contribution in [0, 0.1) is 13.8 Å². The van der Waals surface area contributed by atoms with Gasteiger partial charge in [0, 0.05) is 23.7 Å². The minimum atomic E-state index is -0.956. The fourth-order valence-corrected chi connectivity index (χ4v) is 3.90. The topological polar surface area (TPSA) is 77.5 Å². The van der Waals surface area contributed by atoms with Crippen LogP contribution in [0.1, 0.15) is 29.0 Å². The van der Waals surface area contributed by atoms with Crippen LogP contribution in [0.15, 0.2) is 71.8 Å². The average Bonchev–Trinajstić information content (AvgIpc) is 3.36. The molecular weight excluding hydrogens is 416 g/mol. The van der Waals surface area contributed by atoms with E-state index in [0.717, 1.165) is 39.0 Å². The minimum Gasteiger partial charge on any atom is -0.479 e. The molecule has 0 saturated carbocycles. The maximum atomic E-state index is 11.6. The van der Waals surface area contributed by atoms with Gasteiger partial charge in [-0.1, -0.05) is 30.3 Å². The number of aliphatic carboxylic acids is 1. The van der Waals surface area contributed by atoms with Crippen molar-refractivity contribution in [3.63, 3.8) is 0 Å². The number of fused-ring (bicyclic) bond motifs is 1. The van der Waals surface area contributed by atoms with Gasteiger partial charge in [-0.15, -0.1) is 6.58 Å². The van der Waals surface area contributed by atoms with E-state index in [1.165, 1.54) is 0 Å². The number of hydrogen-bond acceptors (Lipinski definition) is 4. The minimum absolute atomic E-state index is 0.315. The summed E-state index contributed by atoms with van der Waals surface area (Å²) in [6, 6.07) is 16.1. The lowest BCUT2D eigenvalue weighted by molar-refractivity contribution is -0.150. The molecule has 2 aromatic carbocycles. The van der Waals surface area contributed by atoms with E-state index in [0.29, 0.717) is 31.9 Å². The number of ether oxygens (including phenoxy) is 1. The van der Waals surface area contributed by atoms with Crippen molar-refractivity contribution < 1.29 is 19.1 Å². The van der Waals surface area contributed by atoms with E-state index in [1.54, 1.807) is 6.08 Å². The molecule has 1 unspecified atom stereocenters. The highest BCUT2D eigenvalue weighted by molar-refractivity contribution is 5.81. The molecule has 4 rings (SSSR count). The second-order valence-corrected chi connectivity index (χ2v) is 8.15. The maximum absolute atomic E-state index is 11.6. The highest BCUT2D eigenvalue weighted by Gasteiger charge is 2.19. The zero-order valence-electron chi connectivity index (χ0n) is 19.0. The van der Waals surface area contributed by atoms with E-state index >= 15 is 0 Å². The molecule has 0 saturated heterocycles. The molecule has 0 radical (unpaired) electrons. The van der Waals surface area contributed by atoms with Crippen LogP contribution in [0.5, 0.6) is 0 Å². The summed E-state index contributed by atoms with van der Waals surface area (Å²) < 4.78 is 13.6. The Kier molecular flexibility index (Phi) is 6.75. The number of oxazole rings is 1. The molecule has 2 heterocycles. The van der Waals surface area contributed by atoms with E-state index in [4.69, 9.17) is 14.1 Å². The van der Waals surface area contributed by atoms with Crippen molar-refractivity contribution in [2.45, 2.75) is 39.3 Å². The number of rotatable bonds is 10. The van der Waals surface area contributed by atoms with Crippen LogP contribution >= 0.6 is 0 Å². The third-order valence-corrected chi connectivity index (χ3v) is 5.76. The van der Waals surface area contributed by atoms with Gasteiger partial charge in [0.1, 0.15) is 11.5 Å². The monoisotopic (exact) mass is 444 g/mol. The molecule has 33 heavy (non-hydrogen) atoms. The second kappa shape index (κ2) is 9.88. The Morgan fingerprint density at radius 1 is 1.24 bits per heavy atom. The predicted molar refractivity (Wildman–Crippen MR) is 128 cm³/mol. The second-order valence-electron chi connectivity index (χ2n) is 8.15. The number of aromatic nitrogens is 2. The van der Waals surface area contributed by atoms with Crippen molar-refractivity contribution in [3.8, 4) is 11.5 Å². The van der Waals surface area contributed by atoms with E-state index in [9.17, 15) is 9.90 Å². The molecule has 170 valence electrons. The predicted octanol–water partition coefficient (Wildman–Crippen LogP) is 5.55. The Balaban J connectivity index is 1.53. The van der Waals surface area contributed by atoms with Crippen molar-refractivity contribution in [1.82, 2.24) is 9.55 Å². The molecule has 0 amide bonds. The van der Waals surface area contributed by atoms with Crippen LogP contribution in [0.4, 0.5) is 0 Å². The third kappa shape index (κ3) is 5.07. The van der Waals surface area contributed by atoms with E-state index in [2.05, 4.69) is 11.1 Å². The van der Waals surface area contributed by atoms with Gasteiger partial charge < -0.3 is 18.8 Å². The van der Waals surface area contributed by atoms with Gasteiger partial charge in [0.25, 0.3) is 0 Å². The molecule has 4 aromatic rings. The van der Waals surface area contributed by atoms with Crippen molar-refractivity contribution in [2.24, 2.45) is 0 Å². The van der Waals surface area contributed by atoms with Crippen LogP contribution in [0.25, 0.3) is 22.4 Å². The summed E-state index contributed by atoms with van der Waals surface area (Å²) in [4.78, 5) is 16.3. The first-order valence-electron chi connectivity index (χ1n) is 11.0. The van der Waals surface area contributed by atoms with Crippen molar-refractivity contribution in [3.05, 3.63) is 90.0 Å². The van der Waals surface area contributed by atoms with E-state index in [-0.39, 0.29) is 0 Å². The van der Waals surface area contributed by atoms with Gasteiger partial charge in [-0.3, -0.25) is 0 Å². The lowest BCUT2D eigenvalue weighted by Gasteiger charge is -2.13. The first-order chi connectivity index (χ1) is 16.0. The number of hydrogen-bond donors (Lipinski definition) is 1. The van der Waals surface area contributed by atoms with Gasteiger partial charge >= 0.3 is 5.97 Å². The summed E-state index contributed by atoms with van der Waals surface area (Å²) in [7, 11) is 0. The first-order valence-corrected chi connectivity index (χ1v) is 11.0. The maximum Gasteiger partial charge on any atom is 0.333 e. The first kappa shape index (κ1) is 22.6. The summed E-state index contributed by atoms with van der Waals surface area (Å²) in [5.41, 5.74) is 4.98. The van der Waals surface area contributed by atoms with Crippen LogP contribution in [0.2, 0.25) is 0 Å². The molecule has 2 aromatic heterocycles. The SMILES string of the molecule is C=CCCOC(Cc1ccc2c(ccn2Cc2nc(-c3ccccc3C)oc2C)c1)C(=O)O. The summed E-state index contributed by atoms with van der Waals surface area (Å²) in [6.45, 7) is 8.56. The number of carboxylic acid groups (broad SMARTS) is 1. The van der Waals surface area contributed by atoms with Crippen molar-refractivity contribution in [1.29, 1.82) is 0 Å². The molecular formula is C27H28N2O4. The smallest absolute Gasteiger partial charge is 0.333 e. The summed E-state index contributed by atoms with van der Waals surface area (Å²) in [6.07, 6.45) is 3.80. The zero-order valence-corrected chi connectivity index (χ0v) is 19.0. The number of aryl methyl sites for hydroxylation is 2. The molecule has 0 aliphatic carbocycles. The Bertz CT molecular complexity index is 1280. The number of carbonyl (C=O) groups is 1. The van der Waals surface area contributed by atoms with Crippen LogP contribution in [-0.4, -0.2) is 33.3 Å². The standard InChI is InChI=1S/C27H28N2O4/c1-4-5-14-32-25(27(30)31)16-20-10-11-24-21(15-20)12-13-29(24)17-23-19(3)33-26(28-23)22-9-7-6-8-18(22)2/h4,6-13,15,25H,1,5,14,16-17H2,2-3H3,(H,30,31). The van der Waals surface area contributed by atoms with Gasteiger partial charge in [0.2, 0.25) is 5.89 Å². The van der Waals surface area contributed by atoms with E-state index < -0.39 is 12.1 Å². The Hall–Kier alpha value is -3.64. The largest absolute Gasteiger partial charge is 0.479 e. The van der Waals surface area contributed by atoms with Gasteiger partial charge in [0.05, 0.1) is 13.2 Å². The number of nitrogens with zero attached hydrogens (tertiary/aromatic N) is 2. The molecule has 6 nitrogen and oxygen atoms in total. The van der Waals surface area contributed by atoms with E-state index in [1.807, 2.05) is 68.6 Å². The highest BCUT2D eigenvalue weighted by atomic mass is 16.5. The Labute approximate surface area is 193 Å². The fraction of sp³-hybridized carbons (Fsp3) is 0.259. The molecule has 1 N–H and O–H groups in total. The molecule has 6 heteroatoms. The van der Waals surface area contributed by atoms with Crippen LogP contribution < -0.4 is 0 Å². The quantitative estimate of drug-likeness (QED) is 0.256. The molecule has 0 aliphatic rings. The zero-order chi connectivity index (χ0) is 23.4. The lowest BCUT2D eigenvalue weighted by atomic mass is 10.1. The summed E-state index contributed by atoms with van der Waals surface area (Å²) in [5.74, 6) is 0.478. The number of carboxylic acids is 1. The van der Waals surface area contributed by atoms with Crippen LogP contribution in [-0.2, 0) is 22.5 Å². The molecule has 0 fully saturated rings. The van der Waals surface area contributed by atoms with Gasteiger partial charge in [-0.05, 0) is 61.0 Å². The fourth-order valence-electron chi connectivity index (χ4n) is 3.90. The van der Waals surface area contributed by atoms with Gasteiger partial charge in [0.15, 0.2) is 6.10 Å². The average molecular weight is 445 g/mol. The molecule has 0 spiro atoms. The third-order valence-electron chi connectivity index (χ3n) is 5.76. The van der Waals surface area contributed by atoms with Crippen LogP contribution in [0.3, 0.4) is 0 Å². The Morgan fingerprint density at radius 2 is 2.06 bits per heavy atom. The van der Waals surface area contributed by atoms with Gasteiger partial charge in [-0.2, -0.15) is 0 Å².